The SMILES string of the molecule is Cc1cccc(C2(NC(=O)CCCN)CCCC2)c1.Cl. The molecule has 0 saturated heterocycles. The van der Waals surface area contributed by atoms with E-state index in [0.717, 1.165) is 19.3 Å². The van der Waals surface area contributed by atoms with Gasteiger partial charge in [0.2, 0.25) is 5.91 Å². The summed E-state index contributed by atoms with van der Waals surface area (Å²) in [5, 5.41) is 3.28. The first-order valence-corrected chi connectivity index (χ1v) is 7.24. The number of aryl methyl sites for hydroxylation is 1. The Balaban J connectivity index is 0.00000200. The summed E-state index contributed by atoms with van der Waals surface area (Å²) in [5.74, 6) is 0.133. The van der Waals surface area contributed by atoms with Crippen LogP contribution in [0.4, 0.5) is 0 Å². The first-order valence-electron chi connectivity index (χ1n) is 7.24. The highest BCUT2D eigenvalue weighted by atomic mass is 35.5. The molecule has 1 aromatic carbocycles. The van der Waals surface area contributed by atoms with Crippen LogP contribution in [0.25, 0.3) is 0 Å². The molecule has 0 atom stereocenters. The number of nitrogens with two attached hydrogens (primary N) is 1. The molecule has 4 heteroatoms. The Kier molecular flexibility index (Phi) is 6.50. The number of carbonyl (C=O) groups is 1. The highest BCUT2D eigenvalue weighted by Crippen LogP contribution is 2.39. The predicted molar refractivity (Wildman–Crippen MR) is 85.0 cm³/mol. The van der Waals surface area contributed by atoms with Crippen molar-refractivity contribution in [3.8, 4) is 0 Å². The number of halogens is 1. The number of benzene rings is 1. The monoisotopic (exact) mass is 296 g/mol. The van der Waals surface area contributed by atoms with E-state index in [1.54, 1.807) is 0 Å². The summed E-state index contributed by atoms with van der Waals surface area (Å²) in [6.45, 7) is 2.67. The van der Waals surface area contributed by atoms with Crippen LogP contribution in [0.5, 0.6) is 0 Å². The van der Waals surface area contributed by atoms with E-state index in [1.165, 1.54) is 24.0 Å². The maximum Gasteiger partial charge on any atom is 0.220 e. The Morgan fingerprint density at radius 1 is 1.35 bits per heavy atom. The van der Waals surface area contributed by atoms with Crippen LogP contribution in [0.1, 0.15) is 49.7 Å². The minimum Gasteiger partial charge on any atom is -0.347 e. The second kappa shape index (κ2) is 7.65. The Hall–Kier alpha value is -1.06. The summed E-state index contributed by atoms with van der Waals surface area (Å²) in [4.78, 5) is 12.1. The predicted octanol–water partition coefficient (Wildman–Crippen LogP) is 3.04. The van der Waals surface area contributed by atoms with E-state index in [1.807, 2.05) is 0 Å². The van der Waals surface area contributed by atoms with Gasteiger partial charge in [0, 0.05) is 6.42 Å². The lowest BCUT2D eigenvalue weighted by molar-refractivity contribution is -0.123. The second-order valence-electron chi connectivity index (χ2n) is 5.60. The molecule has 1 amide bonds. The third kappa shape index (κ3) is 3.97. The lowest BCUT2D eigenvalue weighted by Crippen LogP contribution is -2.43. The summed E-state index contributed by atoms with van der Waals surface area (Å²) in [6.07, 6.45) is 5.76. The van der Waals surface area contributed by atoms with Gasteiger partial charge in [0.15, 0.2) is 0 Å². The van der Waals surface area contributed by atoms with E-state index < -0.39 is 0 Å². The molecule has 0 aliphatic heterocycles. The Bertz CT molecular complexity index is 442. The molecule has 1 aromatic rings. The van der Waals surface area contributed by atoms with Crippen molar-refractivity contribution in [2.45, 2.75) is 51.0 Å². The lowest BCUT2D eigenvalue weighted by atomic mass is 9.87. The van der Waals surface area contributed by atoms with Gasteiger partial charge >= 0.3 is 0 Å². The first kappa shape index (κ1) is 17.0. The van der Waals surface area contributed by atoms with Gasteiger partial charge in [0.1, 0.15) is 0 Å². The molecular formula is C16H25ClN2O. The van der Waals surface area contributed by atoms with E-state index in [4.69, 9.17) is 5.73 Å². The van der Waals surface area contributed by atoms with Gasteiger partial charge in [-0.25, -0.2) is 0 Å². The first-order chi connectivity index (χ1) is 9.16. The second-order valence-corrected chi connectivity index (χ2v) is 5.60. The molecule has 0 spiro atoms. The van der Waals surface area contributed by atoms with Gasteiger partial charge in [-0.3, -0.25) is 4.79 Å². The van der Waals surface area contributed by atoms with E-state index >= 15 is 0 Å². The van der Waals surface area contributed by atoms with Crippen LogP contribution >= 0.6 is 12.4 Å². The fourth-order valence-corrected chi connectivity index (χ4v) is 3.00. The van der Waals surface area contributed by atoms with Gasteiger partial charge in [-0.2, -0.15) is 0 Å². The molecule has 0 bridgehead atoms. The van der Waals surface area contributed by atoms with Crippen molar-refractivity contribution in [1.29, 1.82) is 0 Å². The molecule has 0 radical (unpaired) electrons. The van der Waals surface area contributed by atoms with Crippen molar-refractivity contribution in [2.75, 3.05) is 6.54 Å². The number of amides is 1. The Morgan fingerprint density at radius 3 is 2.65 bits per heavy atom. The van der Waals surface area contributed by atoms with Crippen molar-refractivity contribution in [1.82, 2.24) is 5.32 Å². The third-order valence-electron chi connectivity index (χ3n) is 4.01. The lowest BCUT2D eigenvalue weighted by Gasteiger charge is -2.31. The number of hydrogen-bond acceptors (Lipinski definition) is 2. The van der Waals surface area contributed by atoms with Crippen LogP contribution < -0.4 is 11.1 Å². The highest BCUT2D eigenvalue weighted by molar-refractivity contribution is 5.85. The molecule has 1 fully saturated rings. The Labute approximate surface area is 127 Å². The van der Waals surface area contributed by atoms with Crippen LogP contribution in [0.15, 0.2) is 24.3 Å². The molecule has 3 N–H and O–H groups in total. The zero-order valence-corrected chi connectivity index (χ0v) is 13.0. The molecule has 0 heterocycles. The van der Waals surface area contributed by atoms with Crippen LogP contribution in [-0.4, -0.2) is 12.5 Å². The summed E-state index contributed by atoms with van der Waals surface area (Å²) >= 11 is 0. The van der Waals surface area contributed by atoms with E-state index in [9.17, 15) is 4.79 Å². The minimum absolute atomic E-state index is 0. The highest BCUT2D eigenvalue weighted by Gasteiger charge is 2.36. The largest absolute Gasteiger partial charge is 0.347 e. The average molecular weight is 297 g/mol. The standard InChI is InChI=1S/C16H24N2O.ClH/c1-13-6-4-7-14(12-13)16(9-2-3-10-16)18-15(19)8-5-11-17;/h4,6-7,12H,2-3,5,8-11,17H2,1H3,(H,18,19);1H. The van der Waals surface area contributed by atoms with Crippen molar-refractivity contribution >= 4 is 18.3 Å². The molecule has 20 heavy (non-hydrogen) atoms. The topological polar surface area (TPSA) is 55.1 Å². The quantitative estimate of drug-likeness (QED) is 0.877. The summed E-state index contributed by atoms with van der Waals surface area (Å²) in [7, 11) is 0. The molecule has 1 saturated carbocycles. The molecular weight excluding hydrogens is 272 g/mol. The van der Waals surface area contributed by atoms with E-state index in [0.29, 0.717) is 13.0 Å². The van der Waals surface area contributed by atoms with Crippen LogP contribution in [0, 0.1) is 6.92 Å². The van der Waals surface area contributed by atoms with Crippen molar-refractivity contribution in [2.24, 2.45) is 5.73 Å². The molecule has 1 aliphatic rings. The van der Waals surface area contributed by atoms with Crippen LogP contribution in [0.3, 0.4) is 0 Å². The number of carbonyl (C=O) groups excluding carboxylic acids is 1. The maximum absolute atomic E-state index is 12.1. The molecule has 0 unspecified atom stereocenters. The smallest absolute Gasteiger partial charge is 0.220 e. The maximum atomic E-state index is 12.1. The number of nitrogens with one attached hydrogen (secondary N) is 1. The van der Waals surface area contributed by atoms with Crippen molar-refractivity contribution in [3.63, 3.8) is 0 Å². The molecule has 3 nitrogen and oxygen atoms in total. The third-order valence-corrected chi connectivity index (χ3v) is 4.01. The molecule has 2 rings (SSSR count). The zero-order chi connectivity index (χ0) is 13.7. The van der Waals surface area contributed by atoms with Gasteiger partial charge < -0.3 is 11.1 Å². The van der Waals surface area contributed by atoms with Gasteiger partial charge in [-0.15, -0.1) is 12.4 Å². The van der Waals surface area contributed by atoms with E-state index in [2.05, 4.69) is 36.5 Å². The van der Waals surface area contributed by atoms with Crippen molar-refractivity contribution in [3.05, 3.63) is 35.4 Å². The number of hydrogen-bond donors (Lipinski definition) is 2. The van der Waals surface area contributed by atoms with Gasteiger partial charge in [-0.1, -0.05) is 42.7 Å². The normalized spacial score (nSPS) is 16.5. The molecule has 1 aliphatic carbocycles. The van der Waals surface area contributed by atoms with Crippen LogP contribution in [-0.2, 0) is 10.3 Å². The summed E-state index contributed by atoms with van der Waals surface area (Å²) < 4.78 is 0. The average Bonchev–Trinajstić information content (AvgIpc) is 2.86. The Morgan fingerprint density at radius 2 is 2.05 bits per heavy atom. The summed E-state index contributed by atoms with van der Waals surface area (Å²) in [6, 6.07) is 8.52. The van der Waals surface area contributed by atoms with Gasteiger partial charge in [-0.05, 0) is 38.3 Å². The molecule has 112 valence electrons. The minimum atomic E-state index is -0.141. The zero-order valence-electron chi connectivity index (χ0n) is 12.2. The molecule has 0 aromatic heterocycles. The van der Waals surface area contributed by atoms with Crippen LogP contribution in [0.2, 0.25) is 0 Å². The van der Waals surface area contributed by atoms with Gasteiger partial charge in [0.25, 0.3) is 0 Å². The fourth-order valence-electron chi connectivity index (χ4n) is 3.00. The van der Waals surface area contributed by atoms with E-state index in [-0.39, 0.29) is 23.9 Å². The fraction of sp³-hybridized carbons (Fsp3) is 0.562. The van der Waals surface area contributed by atoms with Crippen molar-refractivity contribution < 1.29 is 4.79 Å². The van der Waals surface area contributed by atoms with Gasteiger partial charge in [0.05, 0.1) is 5.54 Å². The summed E-state index contributed by atoms with van der Waals surface area (Å²) in [5.41, 5.74) is 7.83. The number of rotatable bonds is 5.